The molecule has 0 aromatic carbocycles. The minimum Gasteiger partial charge on any atom is -0.306 e. The predicted molar refractivity (Wildman–Crippen MR) is 78.7 cm³/mol. The number of nitrogens with one attached hydrogen (secondary N) is 1. The van der Waals surface area contributed by atoms with E-state index in [2.05, 4.69) is 17.2 Å². The van der Waals surface area contributed by atoms with Crippen LogP contribution in [0.15, 0.2) is 30.6 Å². The number of rotatable bonds is 5. The van der Waals surface area contributed by atoms with Crippen molar-refractivity contribution in [2.24, 2.45) is 0 Å². The van der Waals surface area contributed by atoms with E-state index >= 15 is 0 Å². The standard InChI is InChI=1S/C13H14Cl2N2S/c1-2-6-17-13(11-3-4-12(15)18-11)9-5-7-16-8-10(9)14/h3-5,7-8,13,17H,2,6H2,1H3. The van der Waals surface area contributed by atoms with Crippen molar-refractivity contribution < 1.29 is 0 Å². The van der Waals surface area contributed by atoms with E-state index in [1.54, 1.807) is 23.7 Å². The van der Waals surface area contributed by atoms with E-state index in [-0.39, 0.29) is 6.04 Å². The lowest BCUT2D eigenvalue weighted by Gasteiger charge is -2.18. The number of thiophene rings is 1. The molecule has 18 heavy (non-hydrogen) atoms. The van der Waals surface area contributed by atoms with Gasteiger partial charge in [0.2, 0.25) is 0 Å². The Hall–Kier alpha value is -0.610. The molecular formula is C13H14Cl2N2S. The fourth-order valence-electron chi connectivity index (χ4n) is 1.76. The summed E-state index contributed by atoms with van der Waals surface area (Å²) in [5.41, 5.74) is 1.04. The molecule has 2 heterocycles. The van der Waals surface area contributed by atoms with Crippen LogP contribution in [0.2, 0.25) is 9.36 Å². The summed E-state index contributed by atoms with van der Waals surface area (Å²) in [6.45, 7) is 3.07. The van der Waals surface area contributed by atoms with Gasteiger partial charge in [0.05, 0.1) is 15.4 Å². The average Bonchev–Trinajstić information content (AvgIpc) is 2.78. The van der Waals surface area contributed by atoms with Crippen LogP contribution in [0.25, 0.3) is 0 Å². The lowest BCUT2D eigenvalue weighted by Crippen LogP contribution is -2.22. The largest absolute Gasteiger partial charge is 0.306 e. The second-order valence-corrected chi connectivity index (χ2v) is 6.08. The zero-order chi connectivity index (χ0) is 13.0. The van der Waals surface area contributed by atoms with Crippen molar-refractivity contribution in [1.82, 2.24) is 10.3 Å². The van der Waals surface area contributed by atoms with E-state index in [0.717, 1.165) is 22.9 Å². The van der Waals surface area contributed by atoms with Crippen molar-refractivity contribution in [2.75, 3.05) is 6.54 Å². The molecule has 0 aliphatic heterocycles. The zero-order valence-electron chi connectivity index (χ0n) is 9.99. The third kappa shape index (κ3) is 3.23. The Morgan fingerprint density at radius 2 is 2.17 bits per heavy atom. The molecule has 0 aliphatic carbocycles. The molecule has 0 aliphatic rings. The van der Waals surface area contributed by atoms with Crippen molar-refractivity contribution in [3.8, 4) is 0 Å². The van der Waals surface area contributed by atoms with E-state index in [4.69, 9.17) is 23.2 Å². The second kappa shape index (κ2) is 6.53. The monoisotopic (exact) mass is 300 g/mol. The highest BCUT2D eigenvalue weighted by Crippen LogP contribution is 2.33. The first-order valence-corrected chi connectivity index (χ1v) is 7.37. The number of hydrogen-bond acceptors (Lipinski definition) is 3. The van der Waals surface area contributed by atoms with Gasteiger partial charge in [-0.15, -0.1) is 11.3 Å². The van der Waals surface area contributed by atoms with Crippen LogP contribution in [-0.4, -0.2) is 11.5 Å². The Balaban J connectivity index is 2.33. The van der Waals surface area contributed by atoms with Crippen molar-refractivity contribution in [3.63, 3.8) is 0 Å². The SMILES string of the molecule is CCCNC(c1ccc(Cl)s1)c1ccncc1Cl. The highest BCUT2D eigenvalue weighted by Gasteiger charge is 2.17. The third-order valence-electron chi connectivity index (χ3n) is 2.59. The molecule has 2 nitrogen and oxygen atoms in total. The van der Waals surface area contributed by atoms with Gasteiger partial charge in [-0.05, 0) is 36.7 Å². The lowest BCUT2D eigenvalue weighted by molar-refractivity contribution is 0.605. The van der Waals surface area contributed by atoms with Crippen LogP contribution in [0, 0.1) is 0 Å². The van der Waals surface area contributed by atoms with Gasteiger partial charge in [-0.25, -0.2) is 0 Å². The highest BCUT2D eigenvalue weighted by atomic mass is 35.5. The Kier molecular flexibility index (Phi) is 5.01. The molecule has 0 saturated carbocycles. The third-order valence-corrected chi connectivity index (χ3v) is 4.20. The maximum atomic E-state index is 6.22. The van der Waals surface area contributed by atoms with E-state index < -0.39 is 0 Å². The molecule has 5 heteroatoms. The molecule has 0 bridgehead atoms. The summed E-state index contributed by atoms with van der Waals surface area (Å²) in [6.07, 6.45) is 4.50. The van der Waals surface area contributed by atoms with Crippen LogP contribution in [0.4, 0.5) is 0 Å². The molecular weight excluding hydrogens is 287 g/mol. The van der Waals surface area contributed by atoms with Gasteiger partial charge in [0.25, 0.3) is 0 Å². The van der Waals surface area contributed by atoms with Crippen LogP contribution in [0.1, 0.15) is 29.8 Å². The molecule has 96 valence electrons. The first-order valence-electron chi connectivity index (χ1n) is 5.80. The van der Waals surface area contributed by atoms with Crippen molar-refractivity contribution in [1.29, 1.82) is 0 Å². The molecule has 1 atom stereocenters. The number of nitrogens with zero attached hydrogens (tertiary/aromatic N) is 1. The number of halogens is 2. The minimum absolute atomic E-state index is 0.0814. The second-order valence-electron chi connectivity index (χ2n) is 3.93. The highest BCUT2D eigenvalue weighted by molar-refractivity contribution is 7.16. The molecule has 0 radical (unpaired) electrons. The summed E-state index contributed by atoms with van der Waals surface area (Å²) in [4.78, 5) is 5.19. The summed E-state index contributed by atoms with van der Waals surface area (Å²) in [7, 11) is 0. The minimum atomic E-state index is 0.0814. The van der Waals surface area contributed by atoms with Crippen LogP contribution < -0.4 is 5.32 Å². The summed E-state index contributed by atoms with van der Waals surface area (Å²) < 4.78 is 0.790. The van der Waals surface area contributed by atoms with Gasteiger partial charge in [0, 0.05) is 17.3 Å². The smallest absolute Gasteiger partial charge is 0.0931 e. The maximum absolute atomic E-state index is 6.22. The Bertz CT molecular complexity index is 513. The van der Waals surface area contributed by atoms with E-state index in [0.29, 0.717) is 5.02 Å². The summed E-state index contributed by atoms with van der Waals surface area (Å²) in [5, 5.41) is 4.17. The van der Waals surface area contributed by atoms with E-state index in [1.807, 2.05) is 18.2 Å². The quantitative estimate of drug-likeness (QED) is 0.877. The van der Waals surface area contributed by atoms with Crippen LogP contribution >= 0.6 is 34.5 Å². The lowest BCUT2D eigenvalue weighted by atomic mass is 10.1. The molecule has 0 spiro atoms. The van der Waals surface area contributed by atoms with Gasteiger partial charge in [0.1, 0.15) is 0 Å². The fraction of sp³-hybridized carbons (Fsp3) is 0.308. The van der Waals surface area contributed by atoms with Gasteiger partial charge in [-0.1, -0.05) is 30.1 Å². The molecule has 0 fully saturated rings. The molecule has 2 aromatic heterocycles. The first kappa shape index (κ1) is 13.8. The van der Waals surface area contributed by atoms with Gasteiger partial charge in [0.15, 0.2) is 0 Å². The maximum Gasteiger partial charge on any atom is 0.0931 e. The normalized spacial score (nSPS) is 12.6. The topological polar surface area (TPSA) is 24.9 Å². The molecule has 2 rings (SSSR count). The zero-order valence-corrected chi connectivity index (χ0v) is 12.3. The van der Waals surface area contributed by atoms with Crippen LogP contribution in [0.3, 0.4) is 0 Å². The predicted octanol–water partition coefficient (Wildman–Crippen LogP) is 4.54. The summed E-state index contributed by atoms with van der Waals surface area (Å²) in [6, 6.07) is 5.98. The molecule has 2 aromatic rings. The van der Waals surface area contributed by atoms with Gasteiger partial charge < -0.3 is 5.32 Å². The summed E-state index contributed by atoms with van der Waals surface area (Å²) >= 11 is 13.8. The molecule has 0 amide bonds. The van der Waals surface area contributed by atoms with Crippen molar-refractivity contribution >= 4 is 34.5 Å². The van der Waals surface area contributed by atoms with Gasteiger partial charge >= 0.3 is 0 Å². The van der Waals surface area contributed by atoms with Crippen LogP contribution in [0.5, 0.6) is 0 Å². The number of aromatic nitrogens is 1. The van der Waals surface area contributed by atoms with Crippen molar-refractivity contribution in [3.05, 3.63) is 50.4 Å². The first-order chi connectivity index (χ1) is 8.72. The Morgan fingerprint density at radius 1 is 1.33 bits per heavy atom. The van der Waals surface area contributed by atoms with Crippen LogP contribution in [-0.2, 0) is 0 Å². The van der Waals surface area contributed by atoms with E-state index in [9.17, 15) is 0 Å². The molecule has 0 saturated heterocycles. The van der Waals surface area contributed by atoms with E-state index in [1.165, 1.54) is 4.88 Å². The number of hydrogen-bond donors (Lipinski definition) is 1. The Morgan fingerprint density at radius 3 is 2.78 bits per heavy atom. The Labute approximate surface area is 121 Å². The van der Waals surface area contributed by atoms with Gasteiger partial charge in [-0.3, -0.25) is 4.98 Å². The molecule has 1 N–H and O–H groups in total. The number of pyridine rings is 1. The average molecular weight is 301 g/mol. The molecule has 1 unspecified atom stereocenters. The fourth-order valence-corrected chi connectivity index (χ4v) is 3.14. The van der Waals surface area contributed by atoms with Gasteiger partial charge in [-0.2, -0.15) is 0 Å². The van der Waals surface area contributed by atoms with Crippen molar-refractivity contribution in [2.45, 2.75) is 19.4 Å². The summed E-state index contributed by atoms with van der Waals surface area (Å²) in [5.74, 6) is 0.